The van der Waals surface area contributed by atoms with E-state index in [-0.39, 0.29) is 17.6 Å². The van der Waals surface area contributed by atoms with Crippen molar-refractivity contribution in [2.45, 2.75) is 6.92 Å². The van der Waals surface area contributed by atoms with Gasteiger partial charge in [0.15, 0.2) is 0 Å². The van der Waals surface area contributed by atoms with E-state index in [0.29, 0.717) is 5.76 Å². The molecule has 2 aliphatic carbocycles. The van der Waals surface area contributed by atoms with Crippen molar-refractivity contribution >= 4 is 50.4 Å². The van der Waals surface area contributed by atoms with Crippen LogP contribution in [0.3, 0.4) is 0 Å². The number of rotatable bonds is 0. The van der Waals surface area contributed by atoms with Gasteiger partial charge in [-0.15, -0.1) is 0 Å². The topological polar surface area (TPSA) is 58.0 Å². The maximum Gasteiger partial charge on any atom is 0.213 e. The summed E-state index contributed by atoms with van der Waals surface area (Å²) in [5, 5.41) is 25.7. The summed E-state index contributed by atoms with van der Waals surface area (Å²) >= 11 is 0. The molecule has 2 aromatic carbocycles. The number of allylic oxidation sites excluding steroid dienone is 4. The molecule has 0 spiro atoms. The normalized spacial score (nSPS) is 21.1. The number of aliphatic hydroxyl groups excluding tert-OH is 1. The van der Waals surface area contributed by atoms with Crippen molar-refractivity contribution < 1.29 is 14.6 Å². The third-order valence-corrected chi connectivity index (χ3v) is 6.68. The van der Waals surface area contributed by atoms with Gasteiger partial charge in [0.2, 0.25) is 5.71 Å². The zero-order valence-corrected chi connectivity index (χ0v) is 15.7. The van der Waals surface area contributed by atoms with Gasteiger partial charge in [-0.2, -0.15) is 0 Å². The van der Waals surface area contributed by atoms with Crippen molar-refractivity contribution in [2.24, 2.45) is 11.8 Å². The van der Waals surface area contributed by atoms with Crippen molar-refractivity contribution in [3.63, 3.8) is 0 Å². The highest BCUT2D eigenvalue weighted by atomic mass is 16.3. The highest BCUT2D eigenvalue weighted by Crippen LogP contribution is 2.39. The Balaban J connectivity index is 1.70. The van der Waals surface area contributed by atoms with Crippen LogP contribution in [0.2, 0.25) is 0 Å². The van der Waals surface area contributed by atoms with Gasteiger partial charge in [-0.3, -0.25) is 4.40 Å². The van der Waals surface area contributed by atoms with Crippen LogP contribution in [0.5, 0.6) is 5.75 Å². The molecule has 0 saturated heterocycles. The maximum absolute atomic E-state index is 10.2. The molecule has 4 heteroatoms. The molecule has 0 aliphatic heterocycles. The lowest BCUT2D eigenvalue weighted by Crippen LogP contribution is -2.30. The van der Waals surface area contributed by atoms with Crippen molar-refractivity contribution in [1.29, 1.82) is 0 Å². The molecule has 3 aromatic heterocycles. The minimum atomic E-state index is 0.0358. The van der Waals surface area contributed by atoms with E-state index in [9.17, 15) is 10.2 Å². The number of phenols is 1. The van der Waals surface area contributed by atoms with Gasteiger partial charge in [-0.25, -0.2) is 0 Å². The summed E-state index contributed by atoms with van der Waals surface area (Å²) < 4.78 is 8.61. The fourth-order valence-corrected chi connectivity index (χ4v) is 5.23. The summed E-state index contributed by atoms with van der Waals surface area (Å²) in [6.07, 6.45) is 8.16. The maximum atomic E-state index is 10.2. The molecule has 0 fully saturated rings. The lowest BCUT2D eigenvalue weighted by molar-refractivity contribution is 0.318. The highest BCUT2D eigenvalue weighted by Gasteiger charge is 2.29. The molecule has 2 atom stereocenters. The number of fused-ring (bicyclic) bond motifs is 9. The number of furan rings is 1. The first kappa shape index (κ1) is 15.3. The predicted molar refractivity (Wildman–Crippen MR) is 115 cm³/mol. The number of para-hydroxylation sites is 1. The van der Waals surface area contributed by atoms with E-state index in [4.69, 9.17) is 4.42 Å². The van der Waals surface area contributed by atoms with Gasteiger partial charge in [0.05, 0.1) is 22.2 Å². The molecule has 7 rings (SSSR count). The number of aromatic hydroxyl groups is 1. The molecule has 3 heterocycles. The monoisotopic (exact) mass is 379 g/mol. The summed E-state index contributed by atoms with van der Waals surface area (Å²) in [5.41, 5.74) is 5.05. The molecule has 4 nitrogen and oxygen atoms in total. The quantitative estimate of drug-likeness (QED) is 0.421. The number of aliphatic hydroxyl groups is 1. The van der Waals surface area contributed by atoms with Crippen LogP contribution < -0.4 is 10.6 Å². The van der Waals surface area contributed by atoms with Crippen molar-refractivity contribution in [1.82, 2.24) is 4.40 Å². The number of phenolic OH excluding ortho intramolecular Hbond substituents is 1. The summed E-state index contributed by atoms with van der Waals surface area (Å²) in [6, 6.07) is 11.8. The Morgan fingerprint density at radius 2 is 1.86 bits per heavy atom. The minimum absolute atomic E-state index is 0.0358. The van der Waals surface area contributed by atoms with E-state index in [2.05, 4.69) is 34.8 Å². The van der Waals surface area contributed by atoms with Crippen LogP contribution in [-0.2, 0) is 0 Å². The van der Waals surface area contributed by atoms with Gasteiger partial charge in [0.25, 0.3) is 0 Å². The summed E-state index contributed by atoms with van der Waals surface area (Å²) in [7, 11) is 0. The van der Waals surface area contributed by atoms with Gasteiger partial charge < -0.3 is 14.6 Å². The van der Waals surface area contributed by atoms with Gasteiger partial charge in [-0.05, 0) is 42.0 Å². The Hall–Kier alpha value is -3.66. The third-order valence-electron chi connectivity index (χ3n) is 6.68. The summed E-state index contributed by atoms with van der Waals surface area (Å²) in [5.74, 6) is 0.829. The van der Waals surface area contributed by atoms with E-state index in [0.717, 1.165) is 48.9 Å². The number of benzene rings is 2. The van der Waals surface area contributed by atoms with E-state index < -0.39 is 0 Å². The number of aromatic nitrogens is 1. The van der Waals surface area contributed by atoms with Crippen LogP contribution in [0.1, 0.15) is 6.92 Å². The Morgan fingerprint density at radius 3 is 2.76 bits per heavy atom. The molecule has 2 unspecified atom stereocenters. The second-order valence-electron chi connectivity index (χ2n) is 8.18. The lowest BCUT2D eigenvalue weighted by atomic mass is 9.79. The Morgan fingerprint density at radius 1 is 1.00 bits per heavy atom. The van der Waals surface area contributed by atoms with Crippen molar-refractivity contribution in [3.05, 3.63) is 70.5 Å². The van der Waals surface area contributed by atoms with Crippen LogP contribution in [0.25, 0.3) is 50.4 Å². The van der Waals surface area contributed by atoms with E-state index >= 15 is 0 Å². The Labute approximate surface area is 164 Å². The predicted octanol–water partition coefficient (Wildman–Crippen LogP) is 4.34. The second-order valence-corrected chi connectivity index (χ2v) is 8.18. The van der Waals surface area contributed by atoms with Crippen LogP contribution in [-0.4, -0.2) is 14.6 Å². The molecule has 140 valence electrons. The molecular formula is C25H17NO3. The smallest absolute Gasteiger partial charge is 0.213 e. The molecule has 0 radical (unpaired) electrons. The zero-order valence-electron chi connectivity index (χ0n) is 15.7. The first-order valence-electron chi connectivity index (χ1n) is 9.86. The Bertz CT molecular complexity index is 1690. The molecule has 29 heavy (non-hydrogen) atoms. The SMILES string of the molecule is CC1C(O)=CC=C2C=c3c(oc4c3c3cccc5c6cc(O)ccc6n4c53)=CC21. The van der Waals surface area contributed by atoms with E-state index in [1.807, 2.05) is 25.1 Å². The van der Waals surface area contributed by atoms with Crippen LogP contribution in [0.15, 0.2) is 64.3 Å². The number of hydrogen-bond donors (Lipinski definition) is 2. The molecule has 5 aromatic rings. The Kier molecular flexibility index (Phi) is 2.55. The van der Waals surface area contributed by atoms with Crippen molar-refractivity contribution in [3.8, 4) is 5.75 Å². The second kappa shape index (κ2) is 4.84. The van der Waals surface area contributed by atoms with Gasteiger partial charge in [0, 0.05) is 33.2 Å². The largest absolute Gasteiger partial charge is 0.512 e. The van der Waals surface area contributed by atoms with Crippen molar-refractivity contribution in [2.75, 3.05) is 0 Å². The number of nitrogens with zero attached hydrogens (tertiary/aromatic N) is 1. The molecule has 2 aliphatic rings. The molecule has 0 amide bonds. The fourth-order valence-electron chi connectivity index (χ4n) is 5.23. The summed E-state index contributed by atoms with van der Waals surface area (Å²) in [4.78, 5) is 0. The average molecular weight is 379 g/mol. The molecule has 2 N–H and O–H groups in total. The lowest BCUT2D eigenvalue weighted by Gasteiger charge is -2.26. The van der Waals surface area contributed by atoms with Crippen LogP contribution in [0, 0.1) is 11.8 Å². The van der Waals surface area contributed by atoms with Gasteiger partial charge >= 0.3 is 0 Å². The van der Waals surface area contributed by atoms with Gasteiger partial charge in [0.1, 0.15) is 11.2 Å². The average Bonchev–Trinajstić information content (AvgIpc) is 3.34. The molecule has 0 bridgehead atoms. The van der Waals surface area contributed by atoms with E-state index in [1.54, 1.807) is 12.1 Å². The third kappa shape index (κ3) is 1.71. The van der Waals surface area contributed by atoms with E-state index in [1.165, 1.54) is 5.57 Å². The highest BCUT2D eigenvalue weighted by molar-refractivity contribution is 6.22. The fraction of sp³-hybridized carbons (Fsp3) is 0.120. The number of hydrogen-bond acceptors (Lipinski definition) is 3. The first-order chi connectivity index (χ1) is 14.1. The zero-order chi connectivity index (χ0) is 19.4. The first-order valence-corrected chi connectivity index (χ1v) is 9.86. The van der Waals surface area contributed by atoms with Crippen LogP contribution in [0.4, 0.5) is 0 Å². The molecular weight excluding hydrogens is 362 g/mol. The van der Waals surface area contributed by atoms with Gasteiger partial charge in [-0.1, -0.05) is 31.2 Å². The standard InChI is InChI=1S/C25H17NO3/c1-12-17-11-22-19(9-13(17)5-8-21(12)28)23-16-4-2-3-15-18-10-14(27)6-7-20(18)26(24(15)16)25(23)29-22/h2-12,17,27-28H,1H3. The van der Waals surface area contributed by atoms with Crippen LogP contribution >= 0.6 is 0 Å². The molecule has 0 saturated carbocycles. The minimum Gasteiger partial charge on any atom is -0.512 e. The summed E-state index contributed by atoms with van der Waals surface area (Å²) in [6.45, 7) is 2.04.